The highest BCUT2D eigenvalue weighted by atomic mass is 16.6. The number of rotatable bonds is 4. The quantitative estimate of drug-likeness (QED) is 0.476. The molecule has 0 atom stereocenters. The van der Waals surface area contributed by atoms with Crippen molar-refractivity contribution in [1.82, 2.24) is 0 Å². The van der Waals surface area contributed by atoms with Gasteiger partial charge in [-0.1, -0.05) is 6.08 Å². The van der Waals surface area contributed by atoms with Crippen LogP contribution in [-0.2, 0) is 14.3 Å². The maximum Gasteiger partial charge on any atom is 0.323 e. The predicted molar refractivity (Wildman–Crippen MR) is 68.1 cm³/mol. The van der Waals surface area contributed by atoms with Gasteiger partial charge in [-0.05, 0) is 59.0 Å². The summed E-state index contributed by atoms with van der Waals surface area (Å²) in [4.78, 5) is 23.1. The Morgan fingerprint density at radius 2 is 1.78 bits per heavy atom. The Kier molecular flexibility index (Phi) is 4.20. The summed E-state index contributed by atoms with van der Waals surface area (Å²) in [6.07, 6.45) is 5.51. The van der Waals surface area contributed by atoms with E-state index in [9.17, 15) is 9.59 Å². The number of carbonyl (C=O) groups excluding carboxylic acids is 1. The average Bonchev–Trinajstić information content (AvgIpc) is 2.77. The van der Waals surface area contributed by atoms with Crippen molar-refractivity contribution in [2.75, 3.05) is 0 Å². The minimum Gasteiger partial charge on any atom is -0.480 e. The zero-order valence-corrected chi connectivity index (χ0v) is 11.6. The number of carboxylic acid groups (broad SMARTS) is 1. The number of esters is 1. The molecular formula is C14H22O4. The molecule has 1 rings (SSSR count). The molecule has 0 radical (unpaired) electrons. The number of hydrogen-bond acceptors (Lipinski definition) is 3. The average molecular weight is 254 g/mol. The van der Waals surface area contributed by atoms with E-state index in [0.29, 0.717) is 0 Å². The molecule has 0 amide bonds. The van der Waals surface area contributed by atoms with E-state index in [0.717, 1.165) is 31.3 Å². The monoisotopic (exact) mass is 254 g/mol. The Hall–Kier alpha value is -1.32. The Balaban J connectivity index is 2.93. The molecule has 4 heteroatoms. The van der Waals surface area contributed by atoms with E-state index in [1.54, 1.807) is 0 Å². The van der Waals surface area contributed by atoms with Gasteiger partial charge < -0.3 is 9.84 Å². The highest BCUT2D eigenvalue weighted by Crippen LogP contribution is 2.40. The number of carboxylic acids is 1. The van der Waals surface area contributed by atoms with E-state index >= 15 is 0 Å². The highest BCUT2D eigenvalue weighted by Gasteiger charge is 2.45. The van der Waals surface area contributed by atoms with Gasteiger partial charge in [0, 0.05) is 0 Å². The lowest BCUT2D eigenvalue weighted by molar-refractivity contribution is -0.174. The fraction of sp³-hybridized carbons (Fsp3) is 0.714. The van der Waals surface area contributed by atoms with Crippen molar-refractivity contribution >= 4 is 11.9 Å². The van der Waals surface area contributed by atoms with Crippen LogP contribution in [0.4, 0.5) is 0 Å². The smallest absolute Gasteiger partial charge is 0.323 e. The Morgan fingerprint density at radius 3 is 2.17 bits per heavy atom. The molecule has 1 fully saturated rings. The van der Waals surface area contributed by atoms with Crippen LogP contribution in [0.25, 0.3) is 0 Å². The molecule has 0 aromatic rings. The van der Waals surface area contributed by atoms with E-state index in [-0.39, 0.29) is 0 Å². The summed E-state index contributed by atoms with van der Waals surface area (Å²) >= 11 is 0. The highest BCUT2D eigenvalue weighted by molar-refractivity contribution is 5.98. The van der Waals surface area contributed by atoms with E-state index in [2.05, 4.69) is 0 Å². The van der Waals surface area contributed by atoms with E-state index in [4.69, 9.17) is 9.84 Å². The van der Waals surface area contributed by atoms with Gasteiger partial charge in [0.05, 0.1) is 0 Å². The third-order valence-electron chi connectivity index (χ3n) is 3.90. The van der Waals surface area contributed by atoms with Crippen molar-refractivity contribution in [3.63, 3.8) is 0 Å². The van der Waals surface area contributed by atoms with Gasteiger partial charge in [0.15, 0.2) is 5.41 Å². The fourth-order valence-corrected chi connectivity index (χ4v) is 2.18. The molecule has 0 spiro atoms. The summed E-state index contributed by atoms with van der Waals surface area (Å²) in [6.45, 7) is 6.61. The minimum atomic E-state index is -1.50. The van der Waals surface area contributed by atoms with Crippen LogP contribution in [-0.4, -0.2) is 22.6 Å². The van der Waals surface area contributed by atoms with Gasteiger partial charge in [-0.3, -0.25) is 9.59 Å². The van der Waals surface area contributed by atoms with Crippen LogP contribution in [0.15, 0.2) is 11.6 Å². The maximum absolute atomic E-state index is 12.1. The van der Waals surface area contributed by atoms with Crippen molar-refractivity contribution in [3.05, 3.63) is 11.6 Å². The molecule has 1 N–H and O–H groups in total. The predicted octanol–water partition coefficient (Wildman–Crippen LogP) is 2.92. The molecule has 0 saturated heterocycles. The van der Waals surface area contributed by atoms with Gasteiger partial charge >= 0.3 is 11.9 Å². The molecule has 18 heavy (non-hydrogen) atoms. The van der Waals surface area contributed by atoms with Gasteiger partial charge in [-0.2, -0.15) is 0 Å². The lowest BCUT2D eigenvalue weighted by Gasteiger charge is -2.33. The normalized spacial score (nSPS) is 19.7. The molecule has 1 aliphatic carbocycles. The molecule has 1 aliphatic rings. The van der Waals surface area contributed by atoms with Crippen molar-refractivity contribution in [2.45, 2.75) is 59.0 Å². The van der Waals surface area contributed by atoms with Crippen LogP contribution >= 0.6 is 0 Å². The van der Waals surface area contributed by atoms with Gasteiger partial charge in [-0.25, -0.2) is 0 Å². The van der Waals surface area contributed by atoms with E-state index in [1.807, 2.05) is 19.9 Å². The third-order valence-corrected chi connectivity index (χ3v) is 3.90. The van der Waals surface area contributed by atoms with E-state index in [1.165, 1.54) is 13.8 Å². The van der Waals surface area contributed by atoms with Gasteiger partial charge in [0.1, 0.15) is 5.60 Å². The second-order valence-electron chi connectivity index (χ2n) is 5.49. The molecule has 0 bridgehead atoms. The SMILES string of the molecule is C/C=C(\C)C1(OC(=O)C(C)(C)C(=O)O)CCCC1. The number of aliphatic carboxylic acids is 1. The molecule has 0 unspecified atom stereocenters. The van der Waals surface area contributed by atoms with Crippen LogP contribution in [0.1, 0.15) is 53.4 Å². The number of ether oxygens (including phenoxy) is 1. The topological polar surface area (TPSA) is 63.6 Å². The van der Waals surface area contributed by atoms with Crippen LogP contribution in [0.3, 0.4) is 0 Å². The number of hydrogen-bond donors (Lipinski definition) is 1. The second kappa shape index (κ2) is 5.12. The van der Waals surface area contributed by atoms with Gasteiger partial charge in [0.25, 0.3) is 0 Å². The first-order chi connectivity index (χ1) is 8.26. The molecular weight excluding hydrogens is 232 g/mol. The van der Waals surface area contributed by atoms with Crippen molar-refractivity contribution in [3.8, 4) is 0 Å². The lowest BCUT2D eigenvalue weighted by Crippen LogP contribution is -2.42. The standard InChI is InChI=1S/C14H22O4/c1-5-10(2)14(8-6-7-9-14)18-12(17)13(3,4)11(15)16/h5H,6-9H2,1-4H3,(H,15,16)/b10-5+. The molecule has 4 nitrogen and oxygen atoms in total. The summed E-state index contributed by atoms with van der Waals surface area (Å²) in [5.74, 6) is -1.81. The zero-order valence-electron chi connectivity index (χ0n) is 11.6. The van der Waals surface area contributed by atoms with Crippen molar-refractivity contribution in [2.24, 2.45) is 5.41 Å². The number of carbonyl (C=O) groups is 2. The number of allylic oxidation sites excluding steroid dienone is 1. The Bertz CT molecular complexity index is 373. The lowest BCUT2D eigenvalue weighted by atomic mass is 9.90. The van der Waals surface area contributed by atoms with Crippen LogP contribution in [0.2, 0.25) is 0 Å². The van der Waals surface area contributed by atoms with E-state index < -0.39 is 23.0 Å². The Morgan fingerprint density at radius 1 is 1.28 bits per heavy atom. The third kappa shape index (κ3) is 2.57. The minimum absolute atomic E-state index is 0.585. The van der Waals surface area contributed by atoms with Crippen LogP contribution in [0.5, 0.6) is 0 Å². The summed E-state index contributed by atoms with van der Waals surface area (Å²) < 4.78 is 5.59. The summed E-state index contributed by atoms with van der Waals surface area (Å²) in [5, 5.41) is 9.05. The largest absolute Gasteiger partial charge is 0.480 e. The molecule has 0 aliphatic heterocycles. The summed E-state index contributed by atoms with van der Waals surface area (Å²) in [7, 11) is 0. The van der Waals surface area contributed by atoms with Crippen molar-refractivity contribution < 1.29 is 19.4 Å². The summed E-state index contributed by atoms with van der Waals surface area (Å²) in [6, 6.07) is 0. The van der Waals surface area contributed by atoms with Gasteiger partial charge in [0.2, 0.25) is 0 Å². The first-order valence-electron chi connectivity index (χ1n) is 6.36. The molecule has 0 aromatic carbocycles. The zero-order chi connectivity index (χ0) is 14.0. The van der Waals surface area contributed by atoms with Crippen LogP contribution in [0, 0.1) is 5.41 Å². The molecule has 0 heterocycles. The fourth-order valence-electron chi connectivity index (χ4n) is 2.18. The molecule has 1 saturated carbocycles. The van der Waals surface area contributed by atoms with Gasteiger partial charge in [-0.15, -0.1) is 0 Å². The Labute approximate surface area is 108 Å². The second-order valence-corrected chi connectivity index (χ2v) is 5.49. The van der Waals surface area contributed by atoms with Crippen molar-refractivity contribution in [1.29, 1.82) is 0 Å². The van der Waals surface area contributed by atoms with Crippen LogP contribution < -0.4 is 0 Å². The maximum atomic E-state index is 12.1. The molecule has 102 valence electrons. The first-order valence-corrected chi connectivity index (χ1v) is 6.36. The first kappa shape index (κ1) is 14.7. The summed E-state index contributed by atoms with van der Waals surface area (Å²) in [5.41, 5.74) is -1.07. The molecule has 0 aromatic heterocycles.